The zero-order valence-corrected chi connectivity index (χ0v) is 14.5. The highest BCUT2D eigenvalue weighted by Gasteiger charge is 2.16. The Morgan fingerprint density at radius 3 is 2.67 bits per heavy atom. The highest BCUT2D eigenvalue weighted by Crippen LogP contribution is 2.29. The molecule has 1 saturated heterocycles. The SMILES string of the molecule is COc1ccc(CN2CCN[C@@H](C)C2)cc1OCc1ccccc1. The van der Waals surface area contributed by atoms with Gasteiger partial charge in [0.15, 0.2) is 11.5 Å². The van der Waals surface area contributed by atoms with E-state index in [-0.39, 0.29) is 0 Å². The number of hydrogen-bond acceptors (Lipinski definition) is 4. The first-order valence-corrected chi connectivity index (χ1v) is 8.54. The minimum Gasteiger partial charge on any atom is -0.493 e. The van der Waals surface area contributed by atoms with E-state index in [1.807, 2.05) is 24.3 Å². The van der Waals surface area contributed by atoms with Gasteiger partial charge >= 0.3 is 0 Å². The number of nitrogens with zero attached hydrogens (tertiary/aromatic N) is 1. The number of methoxy groups -OCH3 is 1. The van der Waals surface area contributed by atoms with E-state index in [0.29, 0.717) is 12.6 Å². The third-order valence-corrected chi connectivity index (χ3v) is 4.32. The van der Waals surface area contributed by atoms with Crippen LogP contribution in [0, 0.1) is 0 Å². The standard InChI is InChI=1S/C20H26N2O2/c1-16-13-22(11-10-21-16)14-18-8-9-19(23-2)20(12-18)24-15-17-6-4-3-5-7-17/h3-9,12,16,21H,10-11,13-15H2,1-2H3/t16-/m0/s1. The lowest BCUT2D eigenvalue weighted by Gasteiger charge is -2.31. The summed E-state index contributed by atoms with van der Waals surface area (Å²) in [7, 11) is 1.68. The molecule has 1 fully saturated rings. The summed E-state index contributed by atoms with van der Waals surface area (Å²) in [6.07, 6.45) is 0. The van der Waals surface area contributed by atoms with Crippen molar-refractivity contribution in [3.05, 3.63) is 59.7 Å². The molecule has 24 heavy (non-hydrogen) atoms. The highest BCUT2D eigenvalue weighted by molar-refractivity contribution is 5.43. The van der Waals surface area contributed by atoms with Gasteiger partial charge in [-0.3, -0.25) is 4.90 Å². The van der Waals surface area contributed by atoms with Crippen LogP contribution < -0.4 is 14.8 Å². The Balaban J connectivity index is 1.68. The summed E-state index contributed by atoms with van der Waals surface area (Å²) >= 11 is 0. The summed E-state index contributed by atoms with van der Waals surface area (Å²) in [6, 6.07) is 17.0. The molecule has 0 saturated carbocycles. The lowest BCUT2D eigenvalue weighted by Crippen LogP contribution is -2.48. The fourth-order valence-corrected chi connectivity index (χ4v) is 3.08. The van der Waals surface area contributed by atoms with Gasteiger partial charge < -0.3 is 14.8 Å². The number of rotatable bonds is 6. The molecule has 0 spiro atoms. The van der Waals surface area contributed by atoms with Gasteiger partial charge in [0.1, 0.15) is 6.61 Å². The number of benzene rings is 2. The van der Waals surface area contributed by atoms with Crippen molar-refractivity contribution in [2.45, 2.75) is 26.1 Å². The molecule has 0 aromatic heterocycles. The molecule has 4 nitrogen and oxygen atoms in total. The van der Waals surface area contributed by atoms with Gasteiger partial charge in [-0.25, -0.2) is 0 Å². The van der Waals surface area contributed by atoms with E-state index in [9.17, 15) is 0 Å². The minimum atomic E-state index is 0.547. The molecular weight excluding hydrogens is 300 g/mol. The molecule has 0 aliphatic carbocycles. The van der Waals surface area contributed by atoms with Crippen molar-refractivity contribution in [2.75, 3.05) is 26.7 Å². The van der Waals surface area contributed by atoms with Crippen molar-refractivity contribution in [1.29, 1.82) is 0 Å². The third-order valence-electron chi connectivity index (χ3n) is 4.32. The van der Waals surface area contributed by atoms with Crippen LogP contribution in [0.3, 0.4) is 0 Å². The second-order valence-corrected chi connectivity index (χ2v) is 6.35. The predicted octanol–water partition coefficient (Wildman–Crippen LogP) is 3.07. The first-order chi connectivity index (χ1) is 11.7. The van der Waals surface area contributed by atoms with Crippen molar-refractivity contribution >= 4 is 0 Å². The lowest BCUT2D eigenvalue weighted by molar-refractivity contribution is 0.199. The van der Waals surface area contributed by atoms with Gasteiger partial charge in [0.2, 0.25) is 0 Å². The number of hydrogen-bond donors (Lipinski definition) is 1. The smallest absolute Gasteiger partial charge is 0.161 e. The molecular formula is C20H26N2O2. The minimum absolute atomic E-state index is 0.547. The fourth-order valence-electron chi connectivity index (χ4n) is 3.08. The zero-order valence-electron chi connectivity index (χ0n) is 14.5. The Morgan fingerprint density at radius 1 is 1.08 bits per heavy atom. The van der Waals surface area contributed by atoms with Gasteiger partial charge in [-0.15, -0.1) is 0 Å². The Bertz CT molecular complexity index is 645. The molecule has 1 heterocycles. The number of nitrogens with one attached hydrogen (secondary N) is 1. The van der Waals surface area contributed by atoms with Crippen LogP contribution in [0.2, 0.25) is 0 Å². The topological polar surface area (TPSA) is 33.7 Å². The van der Waals surface area contributed by atoms with Crippen LogP contribution in [0.15, 0.2) is 48.5 Å². The number of ether oxygens (including phenoxy) is 2. The summed E-state index contributed by atoms with van der Waals surface area (Å²) in [4.78, 5) is 2.48. The van der Waals surface area contributed by atoms with Crippen LogP contribution in [-0.4, -0.2) is 37.7 Å². The van der Waals surface area contributed by atoms with Crippen LogP contribution >= 0.6 is 0 Å². The first-order valence-electron chi connectivity index (χ1n) is 8.54. The second kappa shape index (κ2) is 8.18. The molecule has 2 aromatic rings. The van der Waals surface area contributed by atoms with Crippen LogP contribution in [0.4, 0.5) is 0 Å². The van der Waals surface area contributed by atoms with E-state index in [1.165, 1.54) is 5.56 Å². The first kappa shape index (κ1) is 16.8. The quantitative estimate of drug-likeness (QED) is 0.884. The summed E-state index contributed by atoms with van der Waals surface area (Å²) in [5.74, 6) is 1.59. The zero-order chi connectivity index (χ0) is 16.8. The van der Waals surface area contributed by atoms with Crippen molar-refractivity contribution in [1.82, 2.24) is 10.2 Å². The van der Waals surface area contributed by atoms with Gasteiger partial charge in [-0.2, -0.15) is 0 Å². The summed E-state index contributed by atoms with van der Waals surface area (Å²) in [6.45, 7) is 6.93. The van der Waals surface area contributed by atoms with Gasteiger partial charge in [-0.1, -0.05) is 36.4 Å². The maximum absolute atomic E-state index is 6.01. The van der Waals surface area contributed by atoms with Crippen molar-refractivity contribution in [3.63, 3.8) is 0 Å². The highest BCUT2D eigenvalue weighted by atomic mass is 16.5. The monoisotopic (exact) mass is 326 g/mol. The molecule has 0 amide bonds. The Morgan fingerprint density at radius 2 is 1.92 bits per heavy atom. The van der Waals surface area contributed by atoms with E-state index in [2.05, 4.69) is 41.4 Å². The second-order valence-electron chi connectivity index (χ2n) is 6.35. The van der Waals surface area contributed by atoms with Crippen LogP contribution in [0.25, 0.3) is 0 Å². The average molecular weight is 326 g/mol. The Labute approximate surface area is 144 Å². The van der Waals surface area contributed by atoms with Crippen LogP contribution in [0.5, 0.6) is 11.5 Å². The summed E-state index contributed by atoms with van der Waals surface area (Å²) < 4.78 is 11.5. The normalized spacial score (nSPS) is 18.3. The van der Waals surface area contributed by atoms with Crippen molar-refractivity contribution < 1.29 is 9.47 Å². The maximum Gasteiger partial charge on any atom is 0.161 e. The van der Waals surface area contributed by atoms with E-state index >= 15 is 0 Å². The van der Waals surface area contributed by atoms with Crippen molar-refractivity contribution in [3.8, 4) is 11.5 Å². The molecule has 1 N–H and O–H groups in total. The summed E-state index contributed by atoms with van der Waals surface area (Å²) in [5.41, 5.74) is 2.41. The molecule has 2 aromatic carbocycles. The van der Waals surface area contributed by atoms with E-state index in [1.54, 1.807) is 7.11 Å². The molecule has 4 heteroatoms. The number of piperazine rings is 1. The Hall–Kier alpha value is -2.04. The van der Waals surface area contributed by atoms with Gasteiger partial charge in [0, 0.05) is 32.2 Å². The maximum atomic E-state index is 6.01. The van der Waals surface area contributed by atoms with Gasteiger partial charge in [0.05, 0.1) is 7.11 Å². The molecule has 0 radical (unpaired) electrons. The van der Waals surface area contributed by atoms with E-state index in [4.69, 9.17) is 9.47 Å². The van der Waals surface area contributed by atoms with Crippen LogP contribution in [0.1, 0.15) is 18.1 Å². The molecule has 0 unspecified atom stereocenters. The molecule has 128 valence electrons. The van der Waals surface area contributed by atoms with Crippen molar-refractivity contribution in [2.24, 2.45) is 0 Å². The van der Waals surface area contributed by atoms with E-state index < -0.39 is 0 Å². The average Bonchev–Trinajstić information content (AvgIpc) is 2.61. The van der Waals surface area contributed by atoms with Crippen LogP contribution in [-0.2, 0) is 13.2 Å². The fraction of sp³-hybridized carbons (Fsp3) is 0.400. The molecule has 1 atom stereocenters. The third kappa shape index (κ3) is 4.49. The van der Waals surface area contributed by atoms with E-state index in [0.717, 1.165) is 43.2 Å². The molecule has 3 rings (SSSR count). The lowest BCUT2D eigenvalue weighted by atomic mass is 10.1. The Kier molecular flexibility index (Phi) is 5.72. The largest absolute Gasteiger partial charge is 0.493 e. The van der Waals surface area contributed by atoms with Gasteiger partial charge in [0.25, 0.3) is 0 Å². The predicted molar refractivity (Wildman–Crippen MR) is 96.5 cm³/mol. The molecule has 1 aliphatic heterocycles. The molecule has 0 bridgehead atoms. The van der Waals surface area contributed by atoms with Gasteiger partial charge in [-0.05, 0) is 30.2 Å². The summed E-state index contributed by atoms with van der Waals surface area (Å²) in [5, 5.41) is 3.48. The molecule has 1 aliphatic rings.